The maximum Gasteiger partial charge on any atom is 0.282 e. The van der Waals surface area contributed by atoms with Crippen molar-refractivity contribution < 1.29 is 9.47 Å². The Morgan fingerprint density at radius 2 is 1.86 bits per heavy atom. The molecule has 0 atom stereocenters. The number of rotatable bonds is 7. The van der Waals surface area contributed by atoms with Gasteiger partial charge in [-0.2, -0.15) is 9.78 Å². The Kier molecular flexibility index (Phi) is 7.79. The highest BCUT2D eigenvalue weighted by Gasteiger charge is 2.14. The first kappa shape index (κ1) is 25.2. The van der Waals surface area contributed by atoms with Crippen molar-refractivity contribution in [3.8, 4) is 11.5 Å². The molecule has 0 aliphatic heterocycles. The summed E-state index contributed by atoms with van der Waals surface area (Å²) in [4.78, 5) is 17.9. The van der Waals surface area contributed by atoms with Gasteiger partial charge in [0.25, 0.3) is 5.56 Å². The minimum Gasteiger partial charge on any atom is -0.493 e. The molecule has 0 fully saturated rings. The molecule has 0 saturated carbocycles. The van der Waals surface area contributed by atoms with Gasteiger partial charge in [0.15, 0.2) is 11.5 Å². The molecule has 1 aromatic heterocycles. The van der Waals surface area contributed by atoms with E-state index in [1.807, 2.05) is 38.1 Å². The lowest BCUT2D eigenvalue weighted by atomic mass is 10.2. The molecule has 35 heavy (non-hydrogen) atoms. The first-order valence-corrected chi connectivity index (χ1v) is 12.3. The zero-order chi connectivity index (χ0) is 25.1. The van der Waals surface area contributed by atoms with E-state index in [1.54, 1.807) is 43.7 Å². The molecule has 0 aliphatic carbocycles. The minimum atomic E-state index is -0.232. The zero-order valence-electron chi connectivity index (χ0n) is 19.3. The molecule has 6 nitrogen and oxygen atoms in total. The minimum absolute atomic E-state index is 0.000389. The van der Waals surface area contributed by atoms with E-state index in [0.717, 1.165) is 15.6 Å². The highest BCUT2D eigenvalue weighted by molar-refractivity contribution is 9.10. The lowest BCUT2D eigenvalue weighted by molar-refractivity contribution is 0.284. The Balaban J connectivity index is 1.63. The molecule has 0 unspecified atom stereocenters. The Morgan fingerprint density at radius 1 is 1.06 bits per heavy atom. The van der Waals surface area contributed by atoms with Gasteiger partial charge in [0.2, 0.25) is 0 Å². The molecule has 0 bridgehead atoms. The van der Waals surface area contributed by atoms with Crippen LogP contribution in [-0.2, 0) is 6.61 Å². The van der Waals surface area contributed by atoms with E-state index < -0.39 is 0 Å². The lowest BCUT2D eigenvalue weighted by Crippen LogP contribution is -2.23. The van der Waals surface area contributed by atoms with Crippen LogP contribution in [-0.4, -0.2) is 23.0 Å². The second-order valence-electron chi connectivity index (χ2n) is 8.10. The molecular formula is C26H22BrCl2N3O3. The summed E-state index contributed by atoms with van der Waals surface area (Å²) < 4.78 is 13.6. The maximum atomic E-state index is 13.2. The first-order valence-electron chi connectivity index (χ1n) is 10.8. The van der Waals surface area contributed by atoms with Crippen LogP contribution in [0, 0.1) is 0 Å². The van der Waals surface area contributed by atoms with E-state index in [4.69, 9.17) is 32.7 Å². The van der Waals surface area contributed by atoms with Crippen LogP contribution >= 0.6 is 39.1 Å². The van der Waals surface area contributed by atoms with Crippen LogP contribution in [0.1, 0.15) is 36.7 Å². The number of nitrogens with zero attached hydrogens (tertiary/aromatic N) is 3. The molecule has 4 rings (SSSR count). The quantitative estimate of drug-likeness (QED) is 0.222. The van der Waals surface area contributed by atoms with Crippen LogP contribution in [0.4, 0.5) is 0 Å². The maximum absolute atomic E-state index is 13.2. The molecule has 0 radical (unpaired) electrons. The van der Waals surface area contributed by atoms with Crippen LogP contribution in [0.3, 0.4) is 0 Å². The van der Waals surface area contributed by atoms with Crippen LogP contribution in [0.2, 0.25) is 10.0 Å². The van der Waals surface area contributed by atoms with Crippen molar-refractivity contribution in [1.29, 1.82) is 0 Å². The number of benzene rings is 3. The predicted octanol–water partition coefficient (Wildman–Crippen LogP) is 7.06. The number of fused-ring (bicyclic) bond motifs is 1. The Morgan fingerprint density at radius 3 is 2.57 bits per heavy atom. The van der Waals surface area contributed by atoms with Gasteiger partial charge in [-0.1, -0.05) is 59.0 Å². The van der Waals surface area contributed by atoms with Gasteiger partial charge in [-0.25, -0.2) is 4.98 Å². The predicted molar refractivity (Wildman–Crippen MR) is 145 cm³/mol. The second-order valence-corrected chi connectivity index (χ2v) is 9.83. The third-order valence-electron chi connectivity index (χ3n) is 5.24. The number of methoxy groups -OCH3 is 1. The van der Waals surface area contributed by atoms with Gasteiger partial charge in [0.1, 0.15) is 12.4 Å². The van der Waals surface area contributed by atoms with E-state index >= 15 is 0 Å². The standard InChI is InChI=1S/C26H22BrCl2N3O3/c1-15(2)25-31-22-8-6-18(27)12-19(22)26(33)32(25)30-13-16-5-9-23(24(11-16)34-3)35-14-17-4-7-20(28)21(29)10-17/h4-13,15H,14H2,1-3H3. The average Bonchev–Trinajstić information content (AvgIpc) is 2.84. The number of halogens is 3. The summed E-state index contributed by atoms with van der Waals surface area (Å²) in [6.07, 6.45) is 1.60. The van der Waals surface area contributed by atoms with E-state index in [1.165, 1.54) is 4.68 Å². The van der Waals surface area contributed by atoms with E-state index in [2.05, 4.69) is 26.0 Å². The van der Waals surface area contributed by atoms with Crippen molar-refractivity contribution in [1.82, 2.24) is 9.66 Å². The normalized spacial score (nSPS) is 11.5. The van der Waals surface area contributed by atoms with Gasteiger partial charge in [0.05, 0.1) is 34.3 Å². The van der Waals surface area contributed by atoms with E-state index in [0.29, 0.717) is 44.9 Å². The zero-order valence-corrected chi connectivity index (χ0v) is 22.4. The Labute approximate surface area is 221 Å². The van der Waals surface area contributed by atoms with Crippen molar-refractivity contribution in [2.75, 3.05) is 7.11 Å². The van der Waals surface area contributed by atoms with Gasteiger partial charge in [-0.15, -0.1) is 0 Å². The monoisotopic (exact) mass is 573 g/mol. The molecule has 0 aliphatic rings. The van der Waals surface area contributed by atoms with Gasteiger partial charge >= 0.3 is 0 Å². The number of aromatic nitrogens is 2. The highest BCUT2D eigenvalue weighted by atomic mass is 79.9. The van der Waals surface area contributed by atoms with E-state index in [9.17, 15) is 4.79 Å². The van der Waals surface area contributed by atoms with Crippen molar-refractivity contribution in [3.63, 3.8) is 0 Å². The smallest absolute Gasteiger partial charge is 0.282 e. The SMILES string of the molecule is COc1cc(C=Nn2c(C(C)C)nc3ccc(Br)cc3c2=O)ccc1OCc1ccc(Cl)c(Cl)c1. The van der Waals surface area contributed by atoms with Crippen molar-refractivity contribution in [2.45, 2.75) is 26.4 Å². The molecule has 0 spiro atoms. The van der Waals surface area contributed by atoms with Crippen molar-refractivity contribution in [3.05, 3.63) is 96.4 Å². The van der Waals surface area contributed by atoms with Crippen LogP contribution in [0.25, 0.3) is 10.9 Å². The average molecular weight is 575 g/mol. The summed E-state index contributed by atoms with van der Waals surface area (Å²) in [6.45, 7) is 4.25. The second kappa shape index (κ2) is 10.8. The fourth-order valence-electron chi connectivity index (χ4n) is 3.45. The molecule has 1 heterocycles. The first-order chi connectivity index (χ1) is 16.8. The summed E-state index contributed by atoms with van der Waals surface area (Å²) in [5.41, 5.74) is 2.02. The molecule has 9 heteroatoms. The molecule has 180 valence electrons. The van der Waals surface area contributed by atoms with Gasteiger partial charge < -0.3 is 9.47 Å². The van der Waals surface area contributed by atoms with Crippen molar-refractivity contribution in [2.24, 2.45) is 5.10 Å². The van der Waals surface area contributed by atoms with E-state index in [-0.39, 0.29) is 11.5 Å². The molecule has 0 amide bonds. The number of ether oxygens (including phenoxy) is 2. The largest absolute Gasteiger partial charge is 0.493 e. The molecule has 3 aromatic carbocycles. The highest BCUT2D eigenvalue weighted by Crippen LogP contribution is 2.29. The number of hydrogen-bond acceptors (Lipinski definition) is 5. The summed E-state index contributed by atoms with van der Waals surface area (Å²) in [7, 11) is 1.56. The molecular weight excluding hydrogens is 553 g/mol. The lowest BCUT2D eigenvalue weighted by Gasteiger charge is -2.13. The molecule has 0 N–H and O–H groups in total. The Hall–Kier alpha value is -2.87. The summed E-state index contributed by atoms with van der Waals surface area (Å²) in [5, 5.41) is 5.92. The van der Waals surface area contributed by atoms with Gasteiger partial charge in [0, 0.05) is 10.4 Å². The van der Waals surface area contributed by atoms with Crippen molar-refractivity contribution >= 4 is 56.2 Å². The third-order valence-corrected chi connectivity index (χ3v) is 6.47. The van der Waals surface area contributed by atoms with Gasteiger partial charge in [-0.3, -0.25) is 4.79 Å². The van der Waals surface area contributed by atoms with Crippen LogP contribution in [0.15, 0.2) is 69.0 Å². The van der Waals surface area contributed by atoms with Crippen LogP contribution < -0.4 is 15.0 Å². The van der Waals surface area contributed by atoms with Gasteiger partial charge in [-0.05, 0) is 59.7 Å². The summed E-state index contributed by atoms with van der Waals surface area (Å²) in [5.74, 6) is 1.67. The fourth-order valence-corrected chi connectivity index (χ4v) is 4.13. The van der Waals surface area contributed by atoms with Crippen LogP contribution in [0.5, 0.6) is 11.5 Å². The Bertz CT molecular complexity index is 1490. The fraction of sp³-hybridized carbons (Fsp3) is 0.192. The topological polar surface area (TPSA) is 65.7 Å². The summed E-state index contributed by atoms with van der Waals surface area (Å²) in [6, 6.07) is 16.2. The summed E-state index contributed by atoms with van der Waals surface area (Å²) >= 11 is 15.5. The molecule has 4 aromatic rings. The third kappa shape index (κ3) is 5.69. The molecule has 0 saturated heterocycles. The number of hydrogen-bond donors (Lipinski definition) is 0.